The van der Waals surface area contributed by atoms with E-state index in [1.165, 1.54) is 12.3 Å². The lowest BCUT2D eigenvalue weighted by Gasteiger charge is -2.36. The summed E-state index contributed by atoms with van der Waals surface area (Å²) in [6, 6.07) is 18.8. The molecule has 1 aromatic heterocycles. The first-order valence-corrected chi connectivity index (χ1v) is 12.0. The first-order chi connectivity index (χ1) is 16.5. The van der Waals surface area contributed by atoms with Crippen LogP contribution in [-0.2, 0) is 17.9 Å². The fraction of sp³-hybridized carbons (Fsp3) is 0.333. The Labute approximate surface area is 204 Å². The van der Waals surface area contributed by atoms with Crippen molar-refractivity contribution in [2.24, 2.45) is 0 Å². The van der Waals surface area contributed by atoms with Crippen LogP contribution in [0.25, 0.3) is 0 Å². The minimum atomic E-state index is -0.226. The van der Waals surface area contributed by atoms with Gasteiger partial charge in [0.2, 0.25) is 17.1 Å². The van der Waals surface area contributed by atoms with Crippen LogP contribution in [0.2, 0.25) is 5.02 Å². The smallest absolute Gasteiger partial charge is 0.230 e. The highest BCUT2D eigenvalue weighted by atomic mass is 35.5. The summed E-state index contributed by atoms with van der Waals surface area (Å²) in [6.07, 6.45) is 2.14. The first-order valence-electron chi connectivity index (χ1n) is 11.6. The van der Waals surface area contributed by atoms with Gasteiger partial charge in [-0.2, -0.15) is 0 Å². The van der Waals surface area contributed by atoms with Gasteiger partial charge in [0.15, 0.2) is 0 Å². The third kappa shape index (κ3) is 5.88. The van der Waals surface area contributed by atoms with E-state index in [1.54, 1.807) is 6.07 Å². The Morgan fingerprint density at radius 2 is 1.76 bits per heavy atom. The van der Waals surface area contributed by atoms with E-state index >= 15 is 0 Å². The van der Waals surface area contributed by atoms with Crippen molar-refractivity contribution in [3.8, 4) is 5.75 Å². The minimum absolute atomic E-state index is 0.107. The van der Waals surface area contributed by atoms with Gasteiger partial charge >= 0.3 is 0 Å². The van der Waals surface area contributed by atoms with Crippen LogP contribution in [0.5, 0.6) is 5.75 Å². The molecule has 2 aromatic carbocycles. The van der Waals surface area contributed by atoms with Crippen molar-refractivity contribution in [3.63, 3.8) is 0 Å². The van der Waals surface area contributed by atoms with Crippen molar-refractivity contribution in [2.45, 2.75) is 32.4 Å². The van der Waals surface area contributed by atoms with Crippen LogP contribution in [0, 0.1) is 0 Å². The van der Waals surface area contributed by atoms with Crippen molar-refractivity contribution in [3.05, 3.63) is 99.1 Å². The molecule has 4 rings (SSSR count). The van der Waals surface area contributed by atoms with Crippen LogP contribution >= 0.6 is 11.6 Å². The maximum absolute atomic E-state index is 13.1. The molecule has 2 heterocycles. The maximum Gasteiger partial charge on any atom is 0.230 e. The average Bonchev–Trinajstić information content (AvgIpc) is 2.86. The van der Waals surface area contributed by atoms with Gasteiger partial charge in [0, 0.05) is 42.8 Å². The number of amides is 1. The number of piperazine rings is 1. The van der Waals surface area contributed by atoms with Gasteiger partial charge in [0.1, 0.15) is 18.6 Å². The molecule has 0 spiro atoms. The second kappa shape index (κ2) is 11.4. The number of carbonyl (C=O) groups excluding carboxylic acids is 1. The fourth-order valence-corrected chi connectivity index (χ4v) is 4.39. The van der Waals surface area contributed by atoms with Gasteiger partial charge in [-0.05, 0) is 18.1 Å². The summed E-state index contributed by atoms with van der Waals surface area (Å²) in [5, 5.41) is 0.593. The van der Waals surface area contributed by atoms with Crippen LogP contribution in [0.1, 0.15) is 36.1 Å². The molecule has 34 heavy (non-hydrogen) atoms. The average molecular weight is 481 g/mol. The van der Waals surface area contributed by atoms with E-state index in [2.05, 4.69) is 11.8 Å². The number of halogens is 1. The number of carbonyl (C=O) groups is 1. The maximum atomic E-state index is 13.1. The molecule has 6 nitrogen and oxygen atoms in total. The third-order valence-electron chi connectivity index (χ3n) is 6.16. The topological polar surface area (TPSA) is 63.0 Å². The number of rotatable bonds is 8. The molecule has 0 unspecified atom stereocenters. The van der Waals surface area contributed by atoms with E-state index in [0.29, 0.717) is 30.4 Å². The van der Waals surface area contributed by atoms with Crippen molar-refractivity contribution in [1.82, 2.24) is 9.80 Å². The Morgan fingerprint density at radius 1 is 1.06 bits per heavy atom. The number of hydrogen-bond donors (Lipinski definition) is 0. The molecule has 7 heteroatoms. The predicted molar refractivity (Wildman–Crippen MR) is 132 cm³/mol. The molecule has 1 saturated heterocycles. The highest BCUT2D eigenvalue weighted by Gasteiger charge is 2.27. The largest absolute Gasteiger partial charge is 0.482 e. The Morgan fingerprint density at radius 3 is 2.44 bits per heavy atom. The zero-order chi connectivity index (χ0) is 23.9. The molecule has 1 fully saturated rings. The van der Waals surface area contributed by atoms with Crippen LogP contribution in [0.4, 0.5) is 0 Å². The highest BCUT2D eigenvalue weighted by Crippen LogP contribution is 2.23. The molecule has 0 bridgehead atoms. The Bertz CT molecular complexity index is 1160. The lowest BCUT2D eigenvalue weighted by atomic mass is 9.95. The summed E-state index contributed by atoms with van der Waals surface area (Å²) >= 11 is 6.14. The van der Waals surface area contributed by atoms with Crippen LogP contribution < -0.4 is 10.2 Å². The first kappa shape index (κ1) is 24.0. The van der Waals surface area contributed by atoms with Gasteiger partial charge < -0.3 is 14.1 Å². The van der Waals surface area contributed by atoms with Crippen molar-refractivity contribution < 1.29 is 13.9 Å². The molecule has 0 radical (unpaired) electrons. The monoisotopic (exact) mass is 480 g/mol. The number of nitrogens with zero attached hydrogens (tertiary/aromatic N) is 2. The van der Waals surface area contributed by atoms with Gasteiger partial charge in [-0.15, -0.1) is 0 Å². The molecule has 0 N–H and O–H groups in total. The zero-order valence-corrected chi connectivity index (χ0v) is 20.0. The van der Waals surface area contributed by atoms with Crippen molar-refractivity contribution >= 4 is 17.5 Å². The summed E-state index contributed by atoms with van der Waals surface area (Å²) in [5.74, 6) is 0.806. The molecule has 1 atom stereocenters. The Hall–Kier alpha value is -3.09. The lowest BCUT2D eigenvalue weighted by molar-refractivity contribution is -0.134. The van der Waals surface area contributed by atoms with Gasteiger partial charge in [-0.1, -0.05) is 67.1 Å². The molecular weight excluding hydrogens is 452 g/mol. The lowest BCUT2D eigenvalue weighted by Crippen LogP contribution is -2.49. The third-order valence-corrected chi connectivity index (χ3v) is 6.53. The second-order valence-corrected chi connectivity index (χ2v) is 8.84. The molecule has 0 saturated carbocycles. The second-order valence-electron chi connectivity index (χ2n) is 8.43. The van der Waals surface area contributed by atoms with Crippen LogP contribution in [0.3, 0.4) is 0 Å². The molecule has 178 valence electrons. The standard InChI is InChI=1S/C27H29ClN2O4/c1-2-23(20-8-4-3-5-9-20)27(32)30-14-12-29(13-15-30)17-22-16-25(31)26(19-33-22)34-18-21-10-6-7-11-24(21)28/h3-11,16,19,23H,2,12-15,17-18H2,1H3/t23-/m0/s1. The molecule has 1 aliphatic rings. The number of benzene rings is 2. The summed E-state index contributed by atoms with van der Waals surface area (Å²) < 4.78 is 11.3. The van der Waals surface area contributed by atoms with E-state index in [4.69, 9.17) is 20.8 Å². The van der Waals surface area contributed by atoms with E-state index in [9.17, 15) is 9.59 Å². The van der Waals surface area contributed by atoms with E-state index in [1.807, 2.05) is 53.4 Å². The molecule has 3 aromatic rings. The van der Waals surface area contributed by atoms with Crippen LogP contribution in [-0.4, -0.2) is 41.9 Å². The summed E-state index contributed by atoms with van der Waals surface area (Å²) in [5.41, 5.74) is 1.64. The summed E-state index contributed by atoms with van der Waals surface area (Å²) in [6.45, 7) is 5.53. The number of hydrogen-bond acceptors (Lipinski definition) is 5. The van der Waals surface area contributed by atoms with Gasteiger partial charge in [-0.25, -0.2) is 0 Å². The van der Waals surface area contributed by atoms with Gasteiger partial charge in [0.25, 0.3) is 0 Å². The van der Waals surface area contributed by atoms with E-state index < -0.39 is 0 Å². The quantitative estimate of drug-likeness (QED) is 0.467. The van der Waals surface area contributed by atoms with Crippen molar-refractivity contribution in [2.75, 3.05) is 26.2 Å². The molecule has 1 aliphatic heterocycles. The summed E-state index contributed by atoms with van der Waals surface area (Å²) in [7, 11) is 0. The van der Waals surface area contributed by atoms with E-state index in [0.717, 1.165) is 30.6 Å². The molecule has 0 aliphatic carbocycles. The van der Waals surface area contributed by atoms with Crippen LogP contribution in [0.15, 0.2) is 76.1 Å². The number of ether oxygens (including phenoxy) is 1. The Kier molecular flexibility index (Phi) is 8.03. The normalized spacial score (nSPS) is 15.2. The summed E-state index contributed by atoms with van der Waals surface area (Å²) in [4.78, 5) is 29.7. The SMILES string of the molecule is CC[C@H](C(=O)N1CCN(Cc2cc(=O)c(OCc3ccccc3Cl)co2)CC1)c1ccccc1. The molecular formula is C27H29ClN2O4. The van der Waals surface area contributed by atoms with Gasteiger partial charge in [-0.3, -0.25) is 14.5 Å². The van der Waals surface area contributed by atoms with Crippen molar-refractivity contribution in [1.29, 1.82) is 0 Å². The highest BCUT2D eigenvalue weighted by molar-refractivity contribution is 6.31. The van der Waals surface area contributed by atoms with Gasteiger partial charge in [0.05, 0.1) is 12.5 Å². The van der Waals surface area contributed by atoms with E-state index in [-0.39, 0.29) is 29.6 Å². The Balaban J connectivity index is 1.30. The minimum Gasteiger partial charge on any atom is -0.482 e. The predicted octanol–water partition coefficient (Wildman–Crippen LogP) is 4.71. The fourth-order valence-electron chi connectivity index (χ4n) is 4.20. The zero-order valence-electron chi connectivity index (χ0n) is 19.3. The molecule has 1 amide bonds.